The van der Waals surface area contributed by atoms with Crippen LogP contribution in [0.25, 0.3) is 0 Å². The maximum Gasteiger partial charge on any atom is 0.272 e. The van der Waals surface area contributed by atoms with Crippen LogP contribution in [0.4, 0.5) is 5.69 Å². The average Bonchev–Trinajstić information content (AvgIpc) is 2.98. The van der Waals surface area contributed by atoms with Gasteiger partial charge < -0.3 is 14.6 Å². The van der Waals surface area contributed by atoms with Gasteiger partial charge in [-0.25, -0.2) is 0 Å². The Bertz CT molecular complexity index is 802. The third kappa shape index (κ3) is 3.61. The quantitative estimate of drug-likeness (QED) is 0.777. The molecule has 0 spiro atoms. The van der Waals surface area contributed by atoms with E-state index in [0.717, 1.165) is 17.2 Å². The summed E-state index contributed by atoms with van der Waals surface area (Å²) in [5, 5.41) is 2.87. The standard InChI is InChI=1S/C19H18N2O2/c1-14-5-9-16(10-6-14)23-17-11-7-15(8-12-17)20-19(22)18-4-3-13-21(18)2/h3-13H,1-2H3,(H,20,22). The van der Waals surface area contributed by atoms with Crippen molar-refractivity contribution in [3.8, 4) is 11.5 Å². The molecule has 1 aromatic heterocycles. The number of amides is 1. The zero-order valence-electron chi connectivity index (χ0n) is 13.1. The van der Waals surface area contributed by atoms with Gasteiger partial charge in [0.25, 0.3) is 5.91 Å². The van der Waals surface area contributed by atoms with Crippen LogP contribution in [0.3, 0.4) is 0 Å². The number of hydrogen-bond acceptors (Lipinski definition) is 2. The van der Waals surface area contributed by atoms with E-state index in [1.165, 1.54) is 5.56 Å². The molecule has 0 saturated heterocycles. The van der Waals surface area contributed by atoms with Gasteiger partial charge in [-0.05, 0) is 55.5 Å². The second-order valence-electron chi connectivity index (χ2n) is 5.40. The number of anilines is 1. The van der Waals surface area contributed by atoms with E-state index in [1.807, 2.05) is 74.8 Å². The minimum atomic E-state index is -0.135. The fourth-order valence-electron chi connectivity index (χ4n) is 2.24. The topological polar surface area (TPSA) is 43.3 Å². The molecule has 0 radical (unpaired) electrons. The van der Waals surface area contributed by atoms with Crippen LogP contribution in [0, 0.1) is 6.92 Å². The molecule has 0 saturated carbocycles. The molecule has 116 valence electrons. The molecule has 4 nitrogen and oxygen atoms in total. The van der Waals surface area contributed by atoms with E-state index >= 15 is 0 Å². The molecule has 1 heterocycles. The molecule has 0 bridgehead atoms. The van der Waals surface area contributed by atoms with E-state index in [9.17, 15) is 4.79 Å². The first-order valence-corrected chi connectivity index (χ1v) is 7.39. The lowest BCUT2D eigenvalue weighted by molar-refractivity contribution is 0.101. The molecule has 0 unspecified atom stereocenters. The first-order valence-electron chi connectivity index (χ1n) is 7.39. The summed E-state index contributed by atoms with van der Waals surface area (Å²) in [5.74, 6) is 1.38. The van der Waals surface area contributed by atoms with Crippen LogP contribution in [0.2, 0.25) is 0 Å². The Balaban J connectivity index is 1.66. The summed E-state index contributed by atoms with van der Waals surface area (Å²) < 4.78 is 7.55. The predicted molar refractivity (Wildman–Crippen MR) is 91.1 cm³/mol. The number of nitrogens with zero attached hydrogens (tertiary/aromatic N) is 1. The molecule has 1 amide bonds. The molecule has 0 aliphatic rings. The Morgan fingerprint density at radius 2 is 1.57 bits per heavy atom. The molecule has 0 aliphatic carbocycles. The van der Waals surface area contributed by atoms with Crippen molar-refractivity contribution in [2.45, 2.75) is 6.92 Å². The molecule has 0 fully saturated rings. The Kier molecular flexibility index (Phi) is 4.15. The predicted octanol–water partition coefficient (Wildman–Crippen LogP) is 4.38. The fraction of sp³-hybridized carbons (Fsp3) is 0.105. The fourth-order valence-corrected chi connectivity index (χ4v) is 2.24. The largest absolute Gasteiger partial charge is 0.457 e. The van der Waals surface area contributed by atoms with Gasteiger partial charge >= 0.3 is 0 Å². The second kappa shape index (κ2) is 6.40. The highest BCUT2D eigenvalue weighted by atomic mass is 16.5. The molecule has 2 aromatic carbocycles. The summed E-state index contributed by atoms with van der Waals surface area (Å²) in [6.45, 7) is 2.04. The van der Waals surface area contributed by atoms with Crippen LogP contribution in [0.15, 0.2) is 66.9 Å². The Morgan fingerprint density at radius 3 is 2.13 bits per heavy atom. The molecule has 0 atom stereocenters. The Morgan fingerprint density at radius 1 is 0.957 bits per heavy atom. The Labute approximate surface area is 135 Å². The number of ether oxygens (including phenoxy) is 1. The summed E-state index contributed by atoms with van der Waals surface area (Å²) in [6, 6.07) is 18.8. The molecule has 0 aliphatic heterocycles. The van der Waals surface area contributed by atoms with E-state index in [1.54, 1.807) is 10.6 Å². The number of carbonyl (C=O) groups excluding carboxylic acids is 1. The molecule has 1 N–H and O–H groups in total. The number of nitrogens with one attached hydrogen (secondary N) is 1. The van der Waals surface area contributed by atoms with Gasteiger partial charge in [-0.1, -0.05) is 17.7 Å². The van der Waals surface area contributed by atoms with Crippen LogP contribution in [-0.2, 0) is 7.05 Å². The Hall–Kier alpha value is -3.01. The zero-order valence-corrected chi connectivity index (χ0v) is 13.1. The zero-order chi connectivity index (χ0) is 16.2. The molecule has 4 heteroatoms. The van der Waals surface area contributed by atoms with Gasteiger partial charge in [-0.15, -0.1) is 0 Å². The van der Waals surface area contributed by atoms with Gasteiger partial charge in [0.1, 0.15) is 17.2 Å². The average molecular weight is 306 g/mol. The van der Waals surface area contributed by atoms with Crippen molar-refractivity contribution in [1.29, 1.82) is 0 Å². The summed E-state index contributed by atoms with van der Waals surface area (Å²) in [4.78, 5) is 12.1. The highest BCUT2D eigenvalue weighted by molar-refractivity contribution is 6.03. The van der Waals surface area contributed by atoms with Crippen molar-refractivity contribution < 1.29 is 9.53 Å². The SMILES string of the molecule is Cc1ccc(Oc2ccc(NC(=O)c3cccn3C)cc2)cc1. The normalized spacial score (nSPS) is 10.3. The van der Waals surface area contributed by atoms with Crippen LogP contribution < -0.4 is 10.1 Å². The summed E-state index contributed by atoms with van der Waals surface area (Å²) >= 11 is 0. The minimum Gasteiger partial charge on any atom is -0.457 e. The maximum atomic E-state index is 12.1. The minimum absolute atomic E-state index is 0.135. The van der Waals surface area contributed by atoms with Crippen LogP contribution in [0.1, 0.15) is 16.1 Å². The molecular formula is C19H18N2O2. The second-order valence-corrected chi connectivity index (χ2v) is 5.40. The van der Waals surface area contributed by atoms with Gasteiger partial charge in [0.15, 0.2) is 0 Å². The van der Waals surface area contributed by atoms with Crippen LogP contribution in [-0.4, -0.2) is 10.5 Å². The van der Waals surface area contributed by atoms with Gasteiger partial charge in [0, 0.05) is 18.9 Å². The van der Waals surface area contributed by atoms with Gasteiger partial charge in [-0.2, -0.15) is 0 Å². The highest BCUT2D eigenvalue weighted by Gasteiger charge is 2.09. The lowest BCUT2D eigenvalue weighted by Gasteiger charge is -2.09. The number of benzene rings is 2. The monoisotopic (exact) mass is 306 g/mol. The summed E-state index contributed by atoms with van der Waals surface area (Å²) in [7, 11) is 1.84. The highest BCUT2D eigenvalue weighted by Crippen LogP contribution is 2.23. The van der Waals surface area contributed by atoms with Gasteiger partial charge in [-0.3, -0.25) is 4.79 Å². The lowest BCUT2D eigenvalue weighted by atomic mass is 10.2. The van der Waals surface area contributed by atoms with E-state index in [4.69, 9.17) is 4.74 Å². The van der Waals surface area contributed by atoms with Crippen molar-refractivity contribution in [2.24, 2.45) is 7.05 Å². The van der Waals surface area contributed by atoms with Crippen LogP contribution in [0.5, 0.6) is 11.5 Å². The smallest absolute Gasteiger partial charge is 0.272 e. The van der Waals surface area contributed by atoms with E-state index in [2.05, 4.69) is 5.32 Å². The van der Waals surface area contributed by atoms with Crippen molar-refractivity contribution in [3.05, 3.63) is 78.1 Å². The van der Waals surface area contributed by atoms with Crippen molar-refractivity contribution in [1.82, 2.24) is 4.57 Å². The number of hydrogen-bond donors (Lipinski definition) is 1. The number of carbonyl (C=O) groups is 1. The maximum absolute atomic E-state index is 12.1. The van der Waals surface area contributed by atoms with Crippen molar-refractivity contribution >= 4 is 11.6 Å². The third-order valence-electron chi connectivity index (χ3n) is 3.55. The lowest BCUT2D eigenvalue weighted by Crippen LogP contribution is -2.15. The van der Waals surface area contributed by atoms with Gasteiger partial charge in [0.2, 0.25) is 0 Å². The molecule has 3 rings (SSSR count). The molecular weight excluding hydrogens is 288 g/mol. The number of aromatic nitrogens is 1. The first-order chi connectivity index (χ1) is 11.1. The number of rotatable bonds is 4. The van der Waals surface area contributed by atoms with Gasteiger partial charge in [0.05, 0.1) is 0 Å². The van der Waals surface area contributed by atoms with E-state index < -0.39 is 0 Å². The third-order valence-corrected chi connectivity index (χ3v) is 3.55. The van der Waals surface area contributed by atoms with E-state index in [-0.39, 0.29) is 5.91 Å². The molecule has 23 heavy (non-hydrogen) atoms. The van der Waals surface area contributed by atoms with E-state index in [0.29, 0.717) is 5.69 Å². The summed E-state index contributed by atoms with van der Waals surface area (Å²) in [6.07, 6.45) is 1.84. The molecule has 3 aromatic rings. The van der Waals surface area contributed by atoms with Crippen LogP contribution >= 0.6 is 0 Å². The summed E-state index contributed by atoms with van der Waals surface area (Å²) in [5.41, 5.74) is 2.54. The first kappa shape index (κ1) is 14.9. The number of aryl methyl sites for hydroxylation is 2. The van der Waals surface area contributed by atoms with Crippen molar-refractivity contribution in [3.63, 3.8) is 0 Å². The van der Waals surface area contributed by atoms with Crippen molar-refractivity contribution in [2.75, 3.05) is 5.32 Å².